The maximum atomic E-state index is 14.3. The number of carbonyl (C=O) groups excluding carboxylic acids is 1. The summed E-state index contributed by atoms with van der Waals surface area (Å²) in [5.41, 5.74) is 5.93. The molecule has 0 spiro atoms. The number of H-pyrrole nitrogens is 1. The van der Waals surface area contributed by atoms with Gasteiger partial charge in [-0.2, -0.15) is 0 Å². The fourth-order valence-electron chi connectivity index (χ4n) is 5.12. The van der Waals surface area contributed by atoms with E-state index in [1.807, 2.05) is 55.7 Å². The molecule has 0 aliphatic carbocycles. The van der Waals surface area contributed by atoms with E-state index in [0.717, 1.165) is 41.5 Å². The van der Waals surface area contributed by atoms with Crippen molar-refractivity contribution in [3.05, 3.63) is 119 Å². The number of amides is 1. The van der Waals surface area contributed by atoms with Gasteiger partial charge in [0.15, 0.2) is 5.82 Å². The number of phenolic OH excluding ortho intramolecular Hbond substituents is 1. The summed E-state index contributed by atoms with van der Waals surface area (Å²) in [5.74, 6) is -0.491. The van der Waals surface area contributed by atoms with Crippen molar-refractivity contribution in [3.8, 4) is 17.1 Å². The molecule has 7 nitrogen and oxygen atoms in total. The minimum absolute atomic E-state index is 0.118. The van der Waals surface area contributed by atoms with Crippen molar-refractivity contribution in [2.45, 2.75) is 19.4 Å². The molecule has 0 saturated carbocycles. The van der Waals surface area contributed by atoms with E-state index in [4.69, 9.17) is 0 Å². The van der Waals surface area contributed by atoms with Crippen LogP contribution in [0.3, 0.4) is 0 Å². The zero-order chi connectivity index (χ0) is 27.6. The number of aromatic amines is 1. The van der Waals surface area contributed by atoms with E-state index >= 15 is 0 Å². The predicted molar refractivity (Wildman–Crippen MR) is 153 cm³/mol. The molecule has 1 unspecified atom stereocenters. The summed E-state index contributed by atoms with van der Waals surface area (Å²) in [5, 5.41) is 17.9. The fourth-order valence-corrected chi connectivity index (χ4v) is 5.12. The second-order valence-electron chi connectivity index (χ2n) is 9.99. The third-order valence-corrected chi connectivity index (χ3v) is 7.12. The molecular weight excluding hydrogens is 505 g/mol. The highest BCUT2D eigenvalue weighted by atomic mass is 19.1. The van der Waals surface area contributed by atoms with E-state index in [9.17, 15) is 14.3 Å². The number of halogens is 1. The number of phenols is 1. The van der Waals surface area contributed by atoms with Crippen molar-refractivity contribution in [3.63, 3.8) is 0 Å². The Hall–Kier alpha value is -4.82. The number of aromatic hydroxyl groups is 1. The molecule has 0 fully saturated rings. The molecule has 2 aromatic heterocycles. The number of benzene rings is 3. The van der Waals surface area contributed by atoms with Gasteiger partial charge in [-0.05, 0) is 84.9 Å². The van der Waals surface area contributed by atoms with E-state index in [0.29, 0.717) is 22.6 Å². The van der Waals surface area contributed by atoms with Gasteiger partial charge in [0.25, 0.3) is 5.91 Å². The highest BCUT2D eigenvalue weighted by Crippen LogP contribution is 2.32. The van der Waals surface area contributed by atoms with Crippen LogP contribution in [0.1, 0.15) is 45.2 Å². The van der Waals surface area contributed by atoms with E-state index in [1.54, 1.807) is 12.1 Å². The third kappa shape index (κ3) is 5.21. The molecule has 4 N–H and O–H groups in total. The van der Waals surface area contributed by atoms with Crippen LogP contribution >= 0.6 is 0 Å². The number of carbonyl (C=O) groups is 1. The van der Waals surface area contributed by atoms with Crippen molar-refractivity contribution in [1.82, 2.24) is 25.6 Å². The van der Waals surface area contributed by atoms with Crippen LogP contribution in [0.4, 0.5) is 4.39 Å². The number of fused-ring (bicyclic) bond motifs is 1. The average molecular weight is 534 g/mol. The summed E-state index contributed by atoms with van der Waals surface area (Å²) in [6, 6.07) is 17.9. The van der Waals surface area contributed by atoms with Gasteiger partial charge < -0.3 is 20.7 Å². The van der Waals surface area contributed by atoms with Gasteiger partial charge in [-0.15, -0.1) is 0 Å². The lowest BCUT2D eigenvalue weighted by Gasteiger charge is -2.20. The van der Waals surface area contributed by atoms with Crippen molar-refractivity contribution in [1.29, 1.82) is 0 Å². The molecule has 6 rings (SSSR count). The van der Waals surface area contributed by atoms with Crippen LogP contribution < -0.4 is 10.6 Å². The van der Waals surface area contributed by atoms with Gasteiger partial charge in [-0.25, -0.2) is 14.4 Å². The van der Waals surface area contributed by atoms with Crippen molar-refractivity contribution in [2.75, 3.05) is 13.1 Å². The molecule has 0 bridgehead atoms. The molecule has 1 aliphatic rings. The number of aromatic nitrogens is 3. The molecule has 200 valence electrons. The lowest BCUT2D eigenvalue weighted by Crippen LogP contribution is -2.30. The molecule has 3 aromatic carbocycles. The van der Waals surface area contributed by atoms with Crippen LogP contribution in [0.2, 0.25) is 0 Å². The highest BCUT2D eigenvalue weighted by Gasteiger charge is 2.24. The van der Waals surface area contributed by atoms with Crippen molar-refractivity contribution >= 4 is 22.4 Å². The van der Waals surface area contributed by atoms with Crippen LogP contribution in [0.25, 0.3) is 27.9 Å². The van der Waals surface area contributed by atoms with Crippen LogP contribution in [0, 0.1) is 12.7 Å². The van der Waals surface area contributed by atoms with E-state index in [-0.39, 0.29) is 17.2 Å². The lowest BCUT2D eigenvalue weighted by molar-refractivity contribution is 0.0942. The molecular formula is C32H28FN5O2. The van der Waals surface area contributed by atoms with E-state index < -0.39 is 11.9 Å². The maximum Gasteiger partial charge on any atom is 0.252 e. The number of nitrogens with one attached hydrogen (secondary N) is 3. The first kappa shape index (κ1) is 25.5. The SMILES string of the molecule is Cc1cc(C(=O)NC(c2cc3ccccc3[nH]2)c2cc(F)ccc2O)cc(-c2ncc(C3=CCNCC3)cn2)c1. The molecule has 3 heterocycles. The van der Waals surface area contributed by atoms with Gasteiger partial charge in [0, 0.05) is 52.4 Å². The lowest BCUT2D eigenvalue weighted by atomic mass is 10.00. The third-order valence-electron chi connectivity index (χ3n) is 7.12. The van der Waals surface area contributed by atoms with Gasteiger partial charge in [-0.3, -0.25) is 4.79 Å². The number of aryl methyl sites for hydroxylation is 1. The van der Waals surface area contributed by atoms with Gasteiger partial charge in [-0.1, -0.05) is 24.3 Å². The average Bonchev–Trinajstić information content (AvgIpc) is 3.41. The summed E-state index contributed by atoms with van der Waals surface area (Å²) in [4.78, 5) is 26.1. The van der Waals surface area contributed by atoms with Crippen molar-refractivity contribution in [2.24, 2.45) is 0 Å². The Labute approximate surface area is 230 Å². The molecule has 1 amide bonds. The smallest absolute Gasteiger partial charge is 0.252 e. The normalized spacial score (nSPS) is 14.1. The van der Waals surface area contributed by atoms with Gasteiger partial charge in [0.05, 0.1) is 6.04 Å². The van der Waals surface area contributed by atoms with Gasteiger partial charge in [0.1, 0.15) is 11.6 Å². The van der Waals surface area contributed by atoms with Crippen LogP contribution in [-0.2, 0) is 0 Å². The Kier molecular flexibility index (Phi) is 6.84. The topological polar surface area (TPSA) is 103 Å². The molecule has 0 saturated heterocycles. The first-order chi connectivity index (χ1) is 19.4. The van der Waals surface area contributed by atoms with Crippen LogP contribution in [0.5, 0.6) is 5.75 Å². The number of nitrogens with zero attached hydrogens (tertiary/aromatic N) is 2. The number of para-hydroxylation sites is 1. The number of hydrogen-bond donors (Lipinski definition) is 4. The summed E-state index contributed by atoms with van der Waals surface area (Å²) in [6.45, 7) is 3.67. The zero-order valence-electron chi connectivity index (χ0n) is 21.9. The van der Waals surface area contributed by atoms with Gasteiger partial charge in [0.2, 0.25) is 0 Å². The van der Waals surface area contributed by atoms with Crippen LogP contribution in [0.15, 0.2) is 85.2 Å². The Morgan fingerprint density at radius 2 is 1.85 bits per heavy atom. The first-order valence-electron chi connectivity index (χ1n) is 13.2. The number of rotatable bonds is 6. The summed E-state index contributed by atoms with van der Waals surface area (Å²) >= 11 is 0. The molecule has 5 aromatic rings. The second-order valence-corrected chi connectivity index (χ2v) is 9.99. The Morgan fingerprint density at radius 3 is 2.62 bits per heavy atom. The fraction of sp³-hybridized carbons (Fsp3) is 0.156. The minimum atomic E-state index is -0.826. The minimum Gasteiger partial charge on any atom is -0.508 e. The highest BCUT2D eigenvalue weighted by molar-refractivity contribution is 5.96. The predicted octanol–water partition coefficient (Wildman–Crippen LogP) is 5.67. The Morgan fingerprint density at radius 1 is 1.02 bits per heavy atom. The van der Waals surface area contributed by atoms with Crippen LogP contribution in [-0.4, -0.2) is 39.1 Å². The second kappa shape index (κ2) is 10.7. The Bertz CT molecular complexity index is 1710. The largest absolute Gasteiger partial charge is 0.508 e. The monoisotopic (exact) mass is 533 g/mol. The summed E-state index contributed by atoms with van der Waals surface area (Å²) < 4.78 is 14.3. The van der Waals surface area contributed by atoms with E-state index in [1.165, 1.54) is 23.8 Å². The maximum absolute atomic E-state index is 14.3. The molecule has 1 atom stereocenters. The van der Waals surface area contributed by atoms with Gasteiger partial charge >= 0.3 is 0 Å². The molecule has 0 radical (unpaired) electrons. The number of hydrogen-bond acceptors (Lipinski definition) is 5. The van der Waals surface area contributed by atoms with E-state index in [2.05, 4.69) is 31.7 Å². The summed E-state index contributed by atoms with van der Waals surface area (Å²) in [6.07, 6.45) is 6.72. The standard InChI is InChI=1S/C32H28FN5O2/c1-19-12-22(31-35-17-24(18-36-31)20-8-10-34-11-9-20)14-23(13-19)32(40)38-30(26-16-25(33)6-7-29(26)39)28-15-21-4-2-3-5-27(21)37-28/h2-8,12-18,30,34,37,39H,9-11H2,1H3,(H,38,40). The Balaban J connectivity index is 1.33. The zero-order valence-corrected chi connectivity index (χ0v) is 21.9. The summed E-state index contributed by atoms with van der Waals surface area (Å²) in [7, 11) is 0. The molecule has 1 aliphatic heterocycles. The van der Waals surface area contributed by atoms with Crippen molar-refractivity contribution < 1.29 is 14.3 Å². The molecule has 40 heavy (non-hydrogen) atoms. The first-order valence-corrected chi connectivity index (χ1v) is 13.2. The molecule has 8 heteroatoms. The quantitative estimate of drug-likeness (QED) is 0.225.